The van der Waals surface area contributed by atoms with Crippen molar-refractivity contribution < 1.29 is 9.53 Å². The highest BCUT2D eigenvalue weighted by molar-refractivity contribution is 9.10. The van der Waals surface area contributed by atoms with Crippen LogP contribution in [0, 0.1) is 0 Å². The number of nitrogens with one attached hydrogen (secondary N) is 2. The van der Waals surface area contributed by atoms with Gasteiger partial charge in [-0.1, -0.05) is 41.4 Å². The predicted octanol–water partition coefficient (Wildman–Crippen LogP) is 2.47. The lowest BCUT2D eigenvalue weighted by Crippen LogP contribution is -2.38. The molecule has 0 fully saturated rings. The molecule has 0 radical (unpaired) electrons. The molecule has 0 spiro atoms. The zero-order valence-electron chi connectivity index (χ0n) is 14.7. The molecule has 2 aromatic rings. The second-order valence-electron chi connectivity index (χ2n) is 6.61. The average Bonchev–Trinajstić information content (AvgIpc) is 3.00. The van der Waals surface area contributed by atoms with E-state index in [1.54, 1.807) is 0 Å². The highest BCUT2D eigenvalue weighted by Crippen LogP contribution is 2.42. The highest BCUT2D eigenvalue weighted by atomic mass is 79.9. The normalized spacial score (nSPS) is 18.0. The SMILES string of the molecule is CCCCn1c2c(c(=O)[nH]c1=O)[C@H](c1cccc(Br)c1)C1=C(COC1=O)N2. The van der Waals surface area contributed by atoms with Gasteiger partial charge in [-0.25, -0.2) is 9.59 Å². The van der Waals surface area contributed by atoms with Crippen molar-refractivity contribution in [2.24, 2.45) is 0 Å². The van der Waals surface area contributed by atoms with Gasteiger partial charge < -0.3 is 10.1 Å². The highest BCUT2D eigenvalue weighted by Gasteiger charge is 2.41. The maximum absolute atomic E-state index is 12.8. The minimum Gasteiger partial charge on any atom is -0.456 e. The molecule has 0 amide bonds. The Bertz CT molecular complexity index is 1080. The molecule has 4 rings (SSSR count). The topological polar surface area (TPSA) is 93.2 Å². The fourth-order valence-electron chi connectivity index (χ4n) is 3.64. The largest absolute Gasteiger partial charge is 0.456 e. The van der Waals surface area contributed by atoms with E-state index >= 15 is 0 Å². The number of ether oxygens (including phenoxy) is 1. The van der Waals surface area contributed by atoms with E-state index in [1.165, 1.54) is 4.57 Å². The molecule has 1 atom stereocenters. The number of nitrogens with zero attached hydrogens (tertiary/aromatic N) is 1. The van der Waals surface area contributed by atoms with Gasteiger partial charge in [0, 0.05) is 11.0 Å². The molecule has 8 heteroatoms. The minimum absolute atomic E-state index is 0.104. The fraction of sp³-hybridized carbons (Fsp3) is 0.316. The van der Waals surface area contributed by atoms with E-state index in [9.17, 15) is 14.4 Å². The van der Waals surface area contributed by atoms with Crippen LogP contribution < -0.4 is 16.6 Å². The summed E-state index contributed by atoms with van der Waals surface area (Å²) in [6, 6.07) is 7.46. The Hall–Kier alpha value is -2.61. The number of fused-ring (bicyclic) bond motifs is 1. The van der Waals surface area contributed by atoms with Crippen LogP contribution in [0.25, 0.3) is 0 Å². The molecule has 0 aliphatic carbocycles. The monoisotopic (exact) mass is 431 g/mol. The summed E-state index contributed by atoms with van der Waals surface area (Å²) in [6.07, 6.45) is 1.70. The van der Waals surface area contributed by atoms with Gasteiger partial charge in [0.25, 0.3) is 5.56 Å². The van der Waals surface area contributed by atoms with Crippen molar-refractivity contribution in [2.75, 3.05) is 11.9 Å². The molecule has 2 aliphatic heterocycles. The summed E-state index contributed by atoms with van der Waals surface area (Å²) in [7, 11) is 0. The van der Waals surface area contributed by atoms with Gasteiger partial charge in [0.1, 0.15) is 12.4 Å². The van der Waals surface area contributed by atoms with Gasteiger partial charge in [-0.05, 0) is 24.1 Å². The van der Waals surface area contributed by atoms with E-state index in [0.29, 0.717) is 29.2 Å². The van der Waals surface area contributed by atoms with Crippen molar-refractivity contribution in [1.82, 2.24) is 9.55 Å². The van der Waals surface area contributed by atoms with E-state index in [1.807, 2.05) is 31.2 Å². The first kappa shape index (κ1) is 17.8. The Morgan fingerprint density at radius 3 is 2.85 bits per heavy atom. The summed E-state index contributed by atoms with van der Waals surface area (Å²) in [6.45, 7) is 2.61. The van der Waals surface area contributed by atoms with Crippen LogP contribution in [-0.4, -0.2) is 22.1 Å². The number of hydrogen-bond acceptors (Lipinski definition) is 5. The Morgan fingerprint density at radius 2 is 2.11 bits per heavy atom. The number of esters is 1. The minimum atomic E-state index is -0.596. The number of benzene rings is 1. The quantitative estimate of drug-likeness (QED) is 0.725. The van der Waals surface area contributed by atoms with Crippen molar-refractivity contribution in [3.8, 4) is 0 Å². The lowest BCUT2D eigenvalue weighted by Gasteiger charge is -2.28. The third-order valence-electron chi connectivity index (χ3n) is 4.89. The molecule has 3 heterocycles. The van der Waals surface area contributed by atoms with Crippen LogP contribution in [0.15, 0.2) is 49.6 Å². The number of aromatic nitrogens is 2. The third-order valence-corrected chi connectivity index (χ3v) is 5.39. The predicted molar refractivity (Wildman–Crippen MR) is 104 cm³/mol. The zero-order valence-corrected chi connectivity index (χ0v) is 16.3. The summed E-state index contributed by atoms with van der Waals surface area (Å²) in [5.74, 6) is -0.598. The van der Waals surface area contributed by atoms with E-state index in [-0.39, 0.29) is 6.61 Å². The molecule has 0 saturated carbocycles. The Kier molecular flexibility index (Phi) is 4.51. The summed E-state index contributed by atoms with van der Waals surface area (Å²) < 4.78 is 7.59. The first-order valence-electron chi connectivity index (χ1n) is 8.81. The maximum atomic E-state index is 12.8. The van der Waals surface area contributed by atoms with E-state index in [2.05, 4.69) is 26.2 Å². The van der Waals surface area contributed by atoms with Crippen LogP contribution >= 0.6 is 15.9 Å². The maximum Gasteiger partial charge on any atom is 0.337 e. The van der Waals surface area contributed by atoms with Gasteiger partial charge in [0.05, 0.1) is 22.8 Å². The number of H-pyrrole nitrogens is 1. The standard InChI is InChI=1S/C19H18BrN3O4/c1-2-3-7-23-16-15(17(24)22-19(23)26)13(10-5-4-6-11(20)8-10)14-12(21-16)9-27-18(14)25/h4-6,8,13,21H,2-3,7,9H2,1H3,(H,22,24,26)/t13-/m1/s1. The number of halogens is 1. The molecular weight excluding hydrogens is 414 g/mol. The number of carbonyl (C=O) groups is 1. The first-order valence-corrected chi connectivity index (χ1v) is 9.60. The molecule has 140 valence electrons. The van der Waals surface area contributed by atoms with Gasteiger partial charge in [0.2, 0.25) is 0 Å². The number of aromatic amines is 1. The molecule has 0 bridgehead atoms. The number of anilines is 1. The summed E-state index contributed by atoms with van der Waals surface area (Å²) >= 11 is 3.45. The van der Waals surface area contributed by atoms with Gasteiger partial charge in [0.15, 0.2) is 0 Å². The van der Waals surface area contributed by atoms with Gasteiger partial charge in [-0.3, -0.25) is 14.3 Å². The van der Waals surface area contributed by atoms with Crippen molar-refractivity contribution in [2.45, 2.75) is 32.2 Å². The molecular formula is C19H18BrN3O4. The van der Waals surface area contributed by atoms with Crippen molar-refractivity contribution >= 4 is 27.7 Å². The molecule has 2 N–H and O–H groups in total. The third kappa shape index (κ3) is 2.93. The van der Waals surface area contributed by atoms with Crippen LogP contribution in [0.4, 0.5) is 5.82 Å². The number of carbonyl (C=O) groups excluding carboxylic acids is 1. The van der Waals surface area contributed by atoms with Crippen LogP contribution in [0.5, 0.6) is 0 Å². The molecule has 2 aliphatic rings. The van der Waals surface area contributed by atoms with Crippen molar-refractivity contribution in [3.63, 3.8) is 0 Å². The van der Waals surface area contributed by atoms with E-state index in [4.69, 9.17) is 4.74 Å². The Morgan fingerprint density at radius 1 is 1.30 bits per heavy atom. The second kappa shape index (κ2) is 6.84. The van der Waals surface area contributed by atoms with Crippen molar-refractivity contribution in [3.05, 3.63) is 72.0 Å². The van der Waals surface area contributed by atoms with E-state index in [0.717, 1.165) is 22.9 Å². The molecule has 1 aromatic carbocycles. The lowest BCUT2D eigenvalue weighted by atomic mass is 9.83. The number of rotatable bonds is 4. The fourth-order valence-corrected chi connectivity index (χ4v) is 4.05. The zero-order chi connectivity index (χ0) is 19.1. The molecule has 0 unspecified atom stereocenters. The lowest BCUT2D eigenvalue weighted by molar-refractivity contribution is -0.136. The van der Waals surface area contributed by atoms with Crippen LogP contribution in [0.1, 0.15) is 36.8 Å². The molecule has 27 heavy (non-hydrogen) atoms. The smallest absolute Gasteiger partial charge is 0.337 e. The first-order chi connectivity index (χ1) is 13.0. The summed E-state index contributed by atoms with van der Waals surface area (Å²) in [4.78, 5) is 40.0. The van der Waals surface area contributed by atoms with Gasteiger partial charge in [-0.2, -0.15) is 0 Å². The van der Waals surface area contributed by atoms with Gasteiger partial charge >= 0.3 is 11.7 Å². The van der Waals surface area contributed by atoms with Crippen molar-refractivity contribution in [1.29, 1.82) is 0 Å². The van der Waals surface area contributed by atoms with Crippen LogP contribution in [0.2, 0.25) is 0 Å². The Balaban J connectivity index is 2.00. The molecule has 0 saturated heterocycles. The number of unbranched alkanes of at least 4 members (excludes halogenated alkanes) is 1. The summed E-state index contributed by atoms with van der Waals surface area (Å²) in [5, 5.41) is 3.13. The van der Waals surface area contributed by atoms with Crippen LogP contribution in [-0.2, 0) is 16.1 Å². The summed E-state index contributed by atoms with van der Waals surface area (Å²) in [5.41, 5.74) is 1.22. The number of cyclic esters (lactones) is 1. The second-order valence-corrected chi connectivity index (χ2v) is 7.52. The number of hydrogen-bond donors (Lipinski definition) is 2. The molecule has 1 aromatic heterocycles. The van der Waals surface area contributed by atoms with E-state index < -0.39 is 23.1 Å². The van der Waals surface area contributed by atoms with Crippen LogP contribution in [0.3, 0.4) is 0 Å². The average molecular weight is 432 g/mol. The molecule has 7 nitrogen and oxygen atoms in total. The Labute approximate surface area is 163 Å². The van der Waals surface area contributed by atoms with Gasteiger partial charge in [-0.15, -0.1) is 0 Å².